The minimum absolute atomic E-state index is 0.0784. The Labute approximate surface area is 361 Å². The molecule has 0 heterocycles. The maximum absolute atomic E-state index is 12.8. The van der Waals surface area contributed by atoms with Gasteiger partial charge in [-0.3, -0.25) is 13.8 Å². The van der Waals surface area contributed by atoms with Crippen LogP contribution in [0.2, 0.25) is 0 Å². The first kappa shape index (κ1) is 57.5. The molecule has 8 nitrogen and oxygen atoms in total. The second-order valence-corrected chi connectivity index (χ2v) is 20.4. The largest absolute Gasteiger partial charge is 0.472 e. The summed E-state index contributed by atoms with van der Waals surface area (Å²) in [7, 11) is 1.63. The van der Waals surface area contributed by atoms with E-state index in [9.17, 15) is 19.4 Å². The number of amides is 1. The van der Waals surface area contributed by atoms with Gasteiger partial charge >= 0.3 is 7.82 Å². The molecule has 0 fully saturated rings. The highest BCUT2D eigenvalue weighted by molar-refractivity contribution is 7.47. The lowest BCUT2D eigenvalue weighted by Crippen LogP contribution is -2.46. The van der Waals surface area contributed by atoms with Crippen LogP contribution in [0.3, 0.4) is 0 Å². The molecule has 58 heavy (non-hydrogen) atoms. The Morgan fingerprint density at radius 2 is 0.828 bits per heavy atom. The first-order valence-electron chi connectivity index (χ1n) is 25.4. The molecule has 3 N–H and O–H groups in total. The van der Waals surface area contributed by atoms with E-state index in [0.717, 1.165) is 38.5 Å². The van der Waals surface area contributed by atoms with Crippen LogP contribution in [0.1, 0.15) is 258 Å². The van der Waals surface area contributed by atoms with Gasteiger partial charge in [0.1, 0.15) is 13.2 Å². The Kier molecular flexibility index (Phi) is 41.5. The third-order valence-corrected chi connectivity index (χ3v) is 12.8. The van der Waals surface area contributed by atoms with Crippen LogP contribution in [0.25, 0.3) is 0 Å². The molecule has 0 bridgehead atoms. The van der Waals surface area contributed by atoms with Crippen molar-refractivity contribution in [3.05, 3.63) is 0 Å². The molecule has 348 valence electrons. The third kappa shape index (κ3) is 43.6. The molecule has 0 saturated heterocycles. The van der Waals surface area contributed by atoms with Crippen molar-refractivity contribution in [2.75, 3.05) is 40.9 Å². The molecule has 0 aliphatic heterocycles. The van der Waals surface area contributed by atoms with E-state index in [1.165, 1.54) is 193 Å². The quantitative estimate of drug-likeness (QED) is 0.0320. The lowest BCUT2D eigenvalue weighted by molar-refractivity contribution is -0.870. The average molecular weight is 846 g/mol. The van der Waals surface area contributed by atoms with Crippen LogP contribution in [0.15, 0.2) is 0 Å². The summed E-state index contributed by atoms with van der Waals surface area (Å²) in [5.41, 5.74) is 0. The minimum atomic E-state index is -4.31. The van der Waals surface area contributed by atoms with E-state index in [1.54, 1.807) is 0 Å². The topological polar surface area (TPSA) is 105 Å². The van der Waals surface area contributed by atoms with Crippen molar-refractivity contribution in [2.45, 2.75) is 270 Å². The monoisotopic (exact) mass is 846 g/mol. The van der Waals surface area contributed by atoms with Gasteiger partial charge in [-0.15, -0.1) is 0 Å². The molecular weight excluding hydrogens is 744 g/mol. The summed E-state index contributed by atoms with van der Waals surface area (Å²) in [6, 6.07) is -0.752. The van der Waals surface area contributed by atoms with Crippen LogP contribution >= 0.6 is 7.82 Å². The fraction of sp³-hybridized carbons (Fsp3) is 0.980. The Hall–Kier alpha value is -0.500. The van der Waals surface area contributed by atoms with Crippen molar-refractivity contribution >= 4 is 13.7 Å². The van der Waals surface area contributed by atoms with E-state index in [1.807, 2.05) is 21.1 Å². The number of likely N-dealkylation sites (N-methyl/N-ethyl adjacent to an activating group) is 1. The Morgan fingerprint density at radius 3 is 1.16 bits per heavy atom. The number of hydrogen-bond donors (Lipinski definition) is 3. The van der Waals surface area contributed by atoms with Crippen molar-refractivity contribution in [1.29, 1.82) is 0 Å². The summed E-state index contributed by atoms with van der Waals surface area (Å²) in [5, 5.41) is 14.0. The first-order valence-corrected chi connectivity index (χ1v) is 26.9. The second kappa shape index (κ2) is 41.8. The summed E-state index contributed by atoms with van der Waals surface area (Å²) in [6.07, 6.45) is 47.3. The van der Waals surface area contributed by atoms with Gasteiger partial charge in [-0.2, -0.15) is 0 Å². The smallest absolute Gasteiger partial charge is 0.391 e. The van der Waals surface area contributed by atoms with Crippen LogP contribution in [0.4, 0.5) is 0 Å². The molecule has 3 atom stereocenters. The number of carbonyl (C=O) groups is 1. The van der Waals surface area contributed by atoms with Gasteiger partial charge in [-0.1, -0.05) is 239 Å². The number of aliphatic hydroxyl groups excluding tert-OH is 1. The normalized spacial score (nSPS) is 14.1. The minimum Gasteiger partial charge on any atom is -0.391 e. The fourth-order valence-electron chi connectivity index (χ4n) is 7.81. The molecule has 0 aliphatic carbocycles. The van der Waals surface area contributed by atoms with E-state index in [4.69, 9.17) is 9.05 Å². The fourth-order valence-corrected chi connectivity index (χ4v) is 8.55. The summed E-state index contributed by atoms with van der Waals surface area (Å²) in [6.45, 7) is 4.89. The van der Waals surface area contributed by atoms with Gasteiger partial charge in [0.15, 0.2) is 0 Å². The highest BCUT2D eigenvalue weighted by Crippen LogP contribution is 2.43. The Morgan fingerprint density at radius 1 is 0.517 bits per heavy atom. The molecular formula is C49H102N2O6P+. The van der Waals surface area contributed by atoms with Crippen molar-refractivity contribution in [1.82, 2.24) is 5.32 Å². The van der Waals surface area contributed by atoms with Gasteiger partial charge in [0.25, 0.3) is 0 Å². The van der Waals surface area contributed by atoms with Crippen molar-refractivity contribution in [2.24, 2.45) is 0 Å². The summed E-state index contributed by atoms with van der Waals surface area (Å²) < 4.78 is 23.6. The zero-order valence-corrected chi connectivity index (χ0v) is 40.5. The maximum Gasteiger partial charge on any atom is 0.472 e. The number of rotatable bonds is 47. The zero-order valence-electron chi connectivity index (χ0n) is 39.6. The standard InChI is InChI=1S/C49H101N2O6P/c1-6-8-10-12-14-16-17-18-19-20-21-22-23-24-25-26-27-28-29-30-31-32-33-35-36-38-40-42-48(52)47(46-57-58(54,55)56-45-44-51(3,4)5)50-49(53)43-41-39-37-34-15-13-11-9-7-2/h47-48,52H,6-46H2,1-5H3,(H-,50,53,54,55)/p+1. The number of nitrogens with zero attached hydrogens (tertiary/aromatic N) is 1. The van der Waals surface area contributed by atoms with Gasteiger partial charge in [0.2, 0.25) is 5.91 Å². The SMILES string of the molecule is CCCCCCCCCCCCCCCCCCCCCCCCCCCCCC(O)C(COP(=O)(O)OCC[N+](C)(C)C)NC(=O)CCCCCCCCCCC. The predicted molar refractivity (Wildman–Crippen MR) is 249 cm³/mol. The maximum atomic E-state index is 12.8. The van der Waals surface area contributed by atoms with Crippen LogP contribution in [0.5, 0.6) is 0 Å². The van der Waals surface area contributed by atoms with Gasteiger partial charge in [-0.05, 0) is 12.8 Å². The number of phosphoric ester groups is 1. The lowest BCUT2D eigenvalue weighted by atomic mass is 10.0. The van der Waals surface area contributed by atoms with Crippen LogP contribution < -0.4 is 5.32 Å². The van der Waals surface area contributed by atoms with Gasteiger partial charge < -0.3 is 19.8 Å². The van der Waals surface area contributed by atoms with Gasteiger partial charge in [-0.25, -0.2) is 4.57 Å². The molecule has 0 rings (SSSR count). The highest BCUT2D eigenvalue weighted by atomic mass is 31.2. The number of hydrogen-bond acceptors (Lipinski definition) is 5. The van der Waals surface area contributed by atoms with E-state index in [0.29, 0.717) is 23.9 Å². The van der Waals surface area contributed by atoms with E-state index in [2.05, 4.69) is 19.2 Å². The average Bonchev–Trinajstić information content (AvgIpc) is 3.17. The van der Waals surface area contributed by atoms with Crippen molar-refractivity contribution in [3.63, 3.8) is 0 Å². The third-order valence-electron chi connectivity index (χ3n) is 11.9. The molecule has 0 aromatic rings. The molecule has 1 amide bonds. The molecule has 0 saturated carbocycles. The number of phosphoric acid groups is 1. The number of aliphatic hydroxyl groups is 1. The molecule has 0 aromatic carbocycles. The summed E-state index contributed by atoms with van der Waals surface area (Å²) >= 11 is 0. The number of unbranched alkanes of at least 4 members (excludes halogenated alkanes) is 34. The molecule has 0 aromatic heterocycles. The van der Waals surface area contributed by atoms with Crippen LogP contribution in [-0.2, 0) is 18.4 Å². The van der Waals surface area contributed by atoms with E-state index < -0.39 is 20.0 Å². The van der Waals surface area contributed by atoms with Crippen LogP contribution in [-0.4, -0.2) is 73.4 Å². The predicted octanol–water partition coefficient (Wildman–Crippen LogP) is 14.5. The molecule has 3 unspecified atom stereocenters. The lowest BCUT2D eigenvalue weighted by Gasteiger charge is -2.26. The van der Waals surface area contributed by atoms with E-state index >= 15 is 0 Å². The van der Waals surface area contributed by atoms with Crippen LogP contribution in [0, 0.1) is 0 Å². The van der Waals surface area contributed by atoms with Gasteiger partial charge in [0.05, 0.1) is 39.9 Å². The van der Waals surface area contributed by atoms with E-state index in [-0.39, 0.29) is 19.1 Å². The zero-order chi connectivity index (χ0) is 42.8. The number of carbonyl (C=O) groups excluding carboxylic acids is 1. The van der Waals surface area contributed by atoms with Crippen molar-refractivity contribution in [3.8, 4) is 0 Å². The highest BCUT2D eigenvalue weighted by Gasteiger charge is 2.28. The Balaban J connectivity index is 4.02. The second-order valence-electron chi connectivity index (χ2n) is 18.9. The molecule has 0 aliphatic rings. The molecule has 0 spiro atoms. The van der Waals surface area contributed by atoms with Gasteiger partial charge in [0, 0.05) is 6.42 Å². The summed E-state index contributed by atoms with van der Waals surface area (Å²) in [4.78, 5) is 23.1. The molecule has 0 radical (unpaired) electrons. The number of quaternary nitrogens is 1. The summed E-state index contributed by atoms with van der Waals surface area (Å²) in [5.74, 6) is -0.144. The van der Waals surface area contributed by atoms with Crippen molar-refractivity contribution < 1.29 is 32.9 Å². The molecule has 9 heteroatoms. The number of nitrogens with one attached hydrogen (secondary N) is 1. The first-order chi connectivity index (χ1) is 28.0. The Bertz CT molecular complexity index is 916.